The van der Waals surface area contributed by atoms with Crippen LogP contribution in [0.3, 0.4) is 0 Å². The number of hydrogen-bond acceptors (Lipinski definition) is 2. The van der Waals surface area contributed by atoms with E-state index in [0.717, 1.165) is 24.4 Å². The molecule has 0 spiro atoms. The first kappa shape index (κ1) is 16.1. The molecule has 0 atom stereocenters. The van der Waals surface area contributed by atoms with Gasteiger partial charge in [0, 0.05) is 17.2 Å². The average Bonchev–Trinajstić information content (AvgIpc) is 2.47. The second-order valence-electron chi connectivity index (χ2n) is 5.56. The Morgan fingerprint density at radius 1 is 1.05 bits per heavy atom. The van der Waals surface area contributed by atoms with Crippen molar-refractivity contribution < 1.29 is 4.39 Å². The highest BCUT2D eigenvalue weighted by molar-refractivity contribution is 7.98. The molecule has 2 aromatic carbocycles. The fourth-order valence-corrected chi connectivity index (χ4v) is 2.89. The molecule has 0 saturated heterocycles. The molecular weight excluding hydrogens is 281 g/mol. The van der Waals surface area contributed by atoms with Crippen molar-refractivity contribution in [3.63, 3.8) is 0 Å². The average molecular weight is 303 g/mol. The Labute approximate surface area is 131 Å². The maximum Gasteiger partial charge on any atom is 0.137 e. The lowest BCUT2D eigenvalue weighted by Crippen LogP contribution is -2.18. The fraction of sp³-hybridized carbons (Fsp3) is 0.333. The molecule has 0 fully saturated rings. The van der Waals surface area contributed by atoms with Crippen molar-refractivity contribution in [3.05, 3.63) is 65.5 Å². The first-order valence-electron chi connectivity index (χ1n) is 7.31. The molecule has 0 aliphatic rings. The zero-order valence-corrected chi connectivity index (χ0v) is 13.4. The standard InChI is InChI=1S/C18H22FNS/c1-14(2)11-20-12-16-8-9-18(17(19)10-16)21-13-15-6-4-3-5-7-15/h3-10,14,20H,11-13H2,1-2H3. The number of halogens is 1. The van der Waals surface area contributed by atoms with Crippen molar-refractivity contribution in [1.29, 1.82) is 0 Å². The van der Waals surface area contributed by atoms with Gasteiger partial charge < -0.3 is 5.32 Å². The van der Waals surface area contributed by atoms with E-state index in [1.54, 1.807) is 17.8 Å². The monoisotopic (exact) mass is 303 g/mol. The Hall–Kier alpha value is -1.32. The first-order chi connectivity index (χ1) is 10.1. The van der Waals surface area contributed by atoms with Crippen LogP contribution in [0.25, 0.3) is 0 Å². The van der Waals surface area contributed by atoms with Gasteiger partial charge in [0.25, 0.3) is 0 Å². The second-order valence-corrected chi connectivity index (χ2v) is 6.58. The molecule has 3 heteroatoms. The maximum atomic E-state index is 14.1. The van der Waals surface area contributed by atoms with E-state index in [0.29, 0.717) is 10.8 Å². The van der Waals surface area contributed by atoms with Crippen LogP contribution in [-0.2, 0) is 12.3 Å². The maximum absolute atomic E-state index is 14.1. The molecule has 2 aromatic rings. The molecule has 0 bridgehead atoms. The molecule has 0 aromatic heterocycles. The molecule has 0 heterocycles. The Morgan fingerprint density at radius 2 is 1.81 bits per heavy atom. The minimum atomic E-state index is -0.125. The predicted octanol–water partition coefficient (Wildman–Crippen LogP) is 4.86. The molecule has 0 amide bonds. The van der Waals surface area contributed by atoms with E-state index in [-0.39, 0.29) is 5.82 Å². The number of thioether (sulfide) groups is 1. The van der Waals surface area contributed by atoms with Gasteiger partial charge in [-0.1, -0.05) is 50.2 Å². The fourth-order valence-electron chi connectivity index (χ4n) is 2.01. The van der Waals surface area contributed by atoms with Crippen LogP contribution in [-0.4, -0.2) is 6.54 Å². The summed E-state index contributed by atoms with van der Waals surface area (Å²) in [6.07, 6.45) is 0. The lowest BCUT2D eigenvalue weighted by Gasteiger charge is -2.09. The van der Waals surface area contributed by atoms with Crippen molar-refractivity contribution >= 4 is 11.8 Å². The van der Waals surface area contributed by atoms with E-state index < -0.39 is 0 Å². The van der Waals surface area contributed by atoms with Gasteiger partial charge in [0.15, 0.2) is 0 Å². The number of benzene rings is 2. The first-order valence-corrected chi connectivity index (χ1v) is 8.29. The van der Waals surface area contributed by atoms with Crippen LogP contribution in [0, 0.1) is 11.7 Å². The minimum Gasteiger partial charge on any atom is -0.312 e. The van der Waals surface area contributed by atoms with E-state index in [1.165, 1.54) is 5.56 Å². The Balaban J connectivity index is 1.90. The summed E-state index contributed by atoms with van der Waals surface area (Å²) in [5.74, 6) is 1.28. The molecule has 1 nitrogen and oxygen atoms in total. The third-order valence-electron chi connectivity index (χ3n) is 3.12. The van der Waals surface area contributed by atoms with Crippen LogP contribution >= 0.6 is 11.8 Å². The summed E-state index contributed by atoms with van der Waals surface area (Å²) in [7, 11) is 0. The minimum absolute atomic E-state index is 0.125. The van der Waals surface area contributed by atoms with E-state index in [4.69, 9.17) is 0 Å². The highest BCUT2D eigenvalue weighted by atomic mass is 32.2. The normalized spacial score (nSPS) is 11.0. The smallest absolute Gasteiger partial charge is 0.137 e. The van der Waals surface area contributed by atoms with Gasteiger partial charge in [-0.15, -0.1) is 11.8 Å². The molecule has 0 aliphatic carbocycles. The Bertz CT molecular complexity index is 554. The second kappa shape index (κ2) is 8.20. The van der Waals surface area contributed by atoms with Gasteiger partial charge in [-0.3, -0.25) is 0 Å². The quantitative estimate of drug-likeness (QED) is 0.733. The molecule has 0 aliphatic heterocycles. The molecular formula is C18H22FNS. The van der Waals surface area contributed by atoms with Crippen LogP contribution in [0.2, 0.25) is 0 Å². The van der Waals surface area contributed by atoms with Gasteiger partial charge in [-0.05, 0) is 35.7 Å². The largest absolute Gasteiger partial charge is 0.312 e. The molecule has 21 heavy (non-hydrogen) atoms. The van der Waals surface area contributed by atoms with Crippen LogP contribution in [0.15, 0.2) is 53.4 Å². The zero-order chi connectivity index (χ0) is 15.1. The highest BCUT2D eigenvalue weighted by Gasteiger charge is 2.05. The third-order valence-corrected chi connectivity index (χ3v) is 4.23. The molecule has 0 unspecified atom stereocenters. The number of hydrogen-bond donors (Lipinski definition) is 1. The Kier molecular flexibility index (Phi) is 6.27. The summed E-state index contributed by atoms with van der Waals surface area (Å²) in [5.41, 5.74) is 2.21. The lowest BCUT2D eigenvalue weighted by atomic mass is 10.2. The summed E-state index contributed by atoms with van der Waals surface area (Å²) in [5, 5.41) is 3.33. The topological polar surface area (TPSA) is 12.0 Å². The lowest BCUT2D eigenvalue weighted by molar-refractivity contribution is 0.548. The Morgan fingerprint density at radius 3 is 2.48 bits per heavy atom. The zero-order valence-electron chi connectivity index (χ0n) is 12.6. The van der Waals surface area contributed by atoms with Crippen molar-refractivity contribution in [2.45, 2.75) is 31.0 Å². The van der Waals surface area contributed by atoms with Crippen LogP contribution in [0.4, 0.5) is 4.39 Å². The van der Waals surface area contributed by atoms with Gasteiger partial charge >= 0.3 is 0 Å². The number of rotatable bonds is 7. The summed E-state index contributed by atoms with van der Waals surface area (Å²) in [6, 6.07) is 15.7. The van der Waals surface area contributed by atoms with Crippen LogP contribution in [0.1, 0.15) is 25.0 Å². The van der Waals surface area contributed by atoms with Crippen molar-refractivity contribution in [3.8, 4) is 0 Å². The molecule has 1 N–H and O–H groups in total. The summed E-state index contributed by atoms with van der Waals surface area (Å²) < 4.78 is 14.1. The molecule has 112 valence electrons. The predicted molar refractivity (Wildman–Crippen MR) is 88.9 cm³/mol. The molecule has 0 saturated carbocycles. The van der Waals surface area contributed by atoms with E-state index in [2.05, 4.69) is 31.3 Å². The highest BCUT2D eigenvalue weighted by Crippen LogP contribution is 2.26. The van der Waals surface area contributed by atoms with Crippen LogP contribution < -0.4 is 5.32 Å². The van der Waals surface area contributed by atoms with Crippen LogP contribution in [0.5, 0.6) is 0 Å². The van der Waals surface area contributed by atoms with Gasteiger partial charge in [0.2, 0.25) is 0 Å². The molecule has 0 radical (unpaired) electrons. The van der Waals surface area contributed by atoms with Crippen molar-refractivity contribution in [2.24, 2.45) is 5.92 Å². The van der Waals surface area contributed by atoms with Crippen molar-refractivity contribution in [1.82, 2.24) is 5.32 Å². The van der Waals surface area contributed by atoms with Gasteiger partial charge in [-0.25, -0.2) is 4.39 Å². The summed E-state index contributed by atoms with van der Waals surface area (Å²) in [4.78, 5) is 0.714. The van der Waals surface area contributed by atoms with Gasteiger partial charge in [0.1, 0.15) is 5.82 Å². The summed E-state index contributed by atoms with van der Waals surface area (Å²) in [6.45, 7) is 6.00. The van der Waals surface area contributed by atoms with E-state index >= 15 is 0 Å². The molecule has 2 rings (SSSR count). The van der Waals surface area contributed by atoms with E-state index in [9.17, 15) is 4.39 Å². The van der Waals surface area contributed by atoms with Crippen molar-refractivity contribution in [2.75, 3.05) is 6.54 Å². The van der Waals surface area contributed by atoms with Gasteiger partial charge in [0.05, 0.1) is 0 Å². The summed E-state index contributed by atoms with van der Waals surface area (Å²) >= 11 is 1.54. The SMILES string of the molecule is CC(C)CNCc1ccc(SCc2ccccc2)c(F)c1. The number of nitrogens with one attached hydrogen (secondary N) is 1. The third kappa shape index (κ3) is 5.52. The van der Waals surface area contributed by atoms with E-state index in [1.807, 2.05) is 30.3 Å². The van der Waals surface area contributed by atoms with Gasteiger partial charge in [-0.2, -0.15) is 0 Å².